The highest BCUT2D eigenvalue weighted by Crippen LogP contribution is 2.17. The predicted octanol–water partition coefficient (Wildman–Crippen LogP) is 2.32. The Labute approximate surface area is 62.1 Å². The van der Waals surface area contributed by atoms with Crippen molar-refractivity contribution in [2.75, 3.05) is 0 Å². The van der Waals surface area contributed by atoms with E-state index in [1.807, 2.05) is 0 Å². The Morgan fingerprint density at radius 3 is 3.20 bits per heavy atom. The molecule has 0 radical (unpaired) electrons. The van der Waals surface area contributed by atoms with E-state index in [-0.39, 0.29) is 0 Å². The second-order valence-electron chi connectivity index (χ2n) is 2.89. The van der Waals surface area contributed by atoms with Gasteiger partial charge in [-0.05, 0) is 31.3 Å². The Morgan fingerprint density at radius 2 is 2.50 bits per heavy atom. The van der Waals surface area contributed by atoms with Crippen LogP contribution >= 0.6 is 0 Å². The van der Waals surface area contributed by atoms with Gasteiger partial charge in [0.2, 0.25) is 0 Å². The molecule has 0 fully saturated rings. The summed E-state index contributed by atoms with van der Waals surface area (Å²) in [5, 5.41) is 0. The van der Waals surface area contributed by atoms with E-state index in [9.17, 15) is 4.79 Å². The first-order valence-corrected chi connectivity index (χ1v) is 4.04. The van der Waals surface area contributed by atoms with Crippen LogP contribution in [0.25, 0.3) is 0 Å². The van der Waals surface area contributed by atoms with Crippen molar-refractivity contribution in [1.29, 1.82) is 0 Å². The molecule has 56 valence electrons. The third-order valence-electron chi connectivity index (χ3n) is 2.08. The number of carbonyl (C=O) groups is 1. The van der Waals surface area contributed by atoms with Crippen molar-refractivity contribution in [1.82, 2.24) is 0 Å². The second kappa shape index (κ2) is 3.55. The number of hydrogen-bond donors (Lipinski definition) is 0. The van der Waals surface area contributed by atoms with Gasteiger partial charge < -0.3 is 0 Å². The highest BCUT2D eigenvalue weighted by Gasteiger charge is 2.08. The molecule has 0 spiro atoms. The van der Waals surface area contributed by atoms with E-state index in [0.717, 1.165) is 12.8 Å². The minimum absolute atomic E-state index is 0.302. The van der Waals surface area contributed by atoms with Gasteiger partial charge in [0.25, 0.3) is 0 Å². The summed E-state index contributed by atoms with van der Waals surface area (Å²) in [5.74, 6) is 0.961. The Bertz CT molecular complexity index is 147. The molecule has 0 aromatic heterocycles. The Kier molecular flexibility index (Phi) is 2.67. The first-order valence-electron chi connectivity index (χ1n) is 4.04. The van der Waals surface area contributed by atoms with Crippen molar-refractivity contribution in [2.24, 2.45) is 5.92 Å². The lowest BCUT2D eigenvalue weighted by molar-refractivity contribution is -0.114. The van der Waals surface area contributed by atoms with Crippen LogP contribution in [-0.2, 0) is 4.79 Å². The van der Waals surface area contributed by atoms with Gasteiger partial charge in [-0.1, -0.05) is 13.0 Å². The van der Waals surface area contributed by atoms with Gasteiger partial charge in [0.05, 0.1) is 0 Å². The summed E-state index contributed by atoms with van der Waals surface area (Å²) in [5.41, 5.74) is 0. The molecule has 1 aliphatic carbocycles. The Balaban J connectivity index is 2.50. The van der Waals surface area contributed by atoms with Gasteiger partial charge in [0, 0.05) is 6.42 Å². The van der Waals surface area contributed by atoms with Crippen LogP contribution in [0.2, 0.25) is 0 Å². The van der Waals surface area contributed by atoms with Crippen LogP contribution in [0.5, 0.6) is 0 Å². The highest BCUT2D eigenvalue weighted by molar-refractivity contribution is 5.89. The third-order valence-corrected chi connectivity index (χ3v) is 2.08. The zero-order chi connectivity index (χ0) is 7.40. The topological polar surface area (TPSA) is 17.1 Å². The normalized spacial score (nSPS) is 26.5. The summed E-state index contributed by atoms with van der Waals surface area (Å²) >= 11 is 0. The first kappa shape index (κ1) is 7.52. The third kappa shape index (κ3) is 1.98. The lowest BCUT2D eigenvalue weighted by Crippen LogP contribution is -1.91. The van der Waals surface area contributed by atoms with Gasteiger partial charge in [-0.15, -0.1) is 0 Å². The largest absolute Gasteiger partial charge is 0.295 e. The maximum atomic E-state index is 10.9. The Morgan fingerprint density at radius 1 is 1.70 bits per heavy atom. The van der Waals surface area contributed by atoms with Crippen LogP contribution in [0.15, 0.2) is 12.2 Å². The van der Waals surface area contributed by atoms with E-state index in [4.69, 9.17) is 0 Å². The molecule has 0 saturated carbocycles. The van der Waals surface area contributed by atoms with Gasteiger partial charge in [-0.25, -0.2) is 0 Å². The van der Waals surface area contributed by atoms with Crippen molar-refractivity contribution in [2.45, 2.75) is 32.6 Å². The number of rotatable bonds is 1. The molecule has 0 unspecified atom stereocenters. The summed E-state index contributed by atoms with van der Waals surface area (Å²) in [6, 6.07) is 0. The maximum absolute atomic E-state index is 10.9. The monoisotopic (exact) mass is 138 g/mol. The molecule has 10 heavy (non-hydrogen) atoms. The molecule has 1 heteroatoms. The molecule has 0 N–H and O–H groups in total. The summed E-state index contributed by atoms with van der Waals surface area (Å²) in [7, 11) is 0. The van der Waals surface area contributed by atoms with Gasteiger partial charge in [0.15, 0.2) is 5.78 Å². The fourth-order valence-electron chi connectivity index (χ4n) is 1.30. The molecular weight excluding hydrogens is 124 g/mol. The van der Waals surface area contributed by atoms with Crippen LogP contribution < -0.4 is 0 Å². The van der Waals surface area contributed by atoms with Crippen LogP contribution in [-0.4, -0.2) is 5.78 Å². The van der Waals surface area contributed by atoms with Crippen LogP contribution in [0.4, 0.5) is 0 Å². The fourth-order valence-corrected chi connectivity index (χ4v) is 1.30. The van der Waals surface area contributed by atoms with Gasteiger partial charge in [-0.2, -0.15) is 0 Å². The first-order chi connectivity index (χ1) is 4.83. The highest BCUT2D eigenvalue weighted by atomic mass is 16.1. The second-order valence-corrected chi connectivity index (χ2v) is 2.89. The minimum Gasteiger partial charge on any atom is -0.295 e. The zero-order valence-electron chi connectivity index (χ0n) is 6.47. The molecule has 0 aliphatic heterocycles. The molecule has 0 bridgehead atoms. The quantitative estimate of drug-likeness (QED) is 0.543. The number of hydrogen-bond acceptors (Lipinski definition) is 1. The number of carbonyl (C=O) groups excluding carboxylic acids is 1. The molecular formula is C9H14O. The zero-order valence-corrected chi connectivity index (χ0v) is 6.47. The van der Waals surface area contributed by atoms with Crippen molar-refractivity contribution in [3.8, 4) is 0 Å². The average molecular weight is 138 g/mol. The lowest BCUT2D eigenvalue weighted by Gasteiger charge is -2.04. The molecule has 0 heterocycles. The van der Waals surface area contributed by atoms with E-state index in [0.29, 0.717) is 11.7 Å². The van der Waals surface area contributed by atoms with Crippen molar-refractivity contribution in [3.05, 3.63) is 12.2 Å². The van der Waals surface area contributed by atoms with Crippen LogP contribution in [0.1, 0.15) is 32.6 Å². The van der Waals surface area contributed by atoms with Crippen molar-refractivity contribution < 1.29 is 4.79 Å². The molecule has 1 aliphatic rings. The van der Waals surface area contributed by atoms with E-state index in [1.165, 1.54) is 12.8 Å². The summed E-state index contributed by atoms with van der Waals surface area (Å²) in [6.45, 7) is 2.17. The maximum Gasteiger partial charge on any atom is 0.155 e. The van der Waals surface area contributed by atoms with Gasteiger partial charge in [-0.3, -0.25) is 4.79 Å². The molecule has 1 nitrogen and oxygen atoms in total. The number of allylic oxidation sites excluding steroid dienone is 2. The van der Waals surface area contributed by atoms with Gasteiger partial charge >= 0.3 is 0 Å². The smallest absolute Gasteiger partial charge is 0.155 e. The molecule has 0 saturated heterocycles. The molecule has 1 atom stereocenters. The minimum atomic E-state index is 0.302. The van der Waals surface area contributed by atoms with Crippen molar-refractivity contribution in [3.63, 3.8) is 0 Å². The summed E-state index contributed by atoms with van der Waals surface area (Å²) < 4.78 is 0. The molecule has 0 aromatic carbocycles. The Hall–Kier alpha value is -0.590. The fraction of sp³-hybridized carbons (Fsp3) is 0.667. The standard InChI is InChI=1S/C9H14O/c1-2-8-4-3-5-9(10)7-6-8/h6-8H,2-5H2,1H3/t8-/m0/s1. The van der Waals surface area contributed by atoms with E-state index in [1.54, 1.807) is 6.08 Å². The SMILES string of the molecule is CC[C@@H]1C=CC(=O)CCC1. The predicted molar refractivity (Wildman–Crippen MR) is 41.8 cm³/mol. The van der Waals surface area contributed by atoms with E-state index >= 15 is 0 Å². The van der Waals surface area contributed by atoms with Crippen LogP contribution in [0.3, 0.4) is 0 Å². The van der Waals surface area contributed by atoms with Crippen LogP contribution in [0, 0.1) is 5.92 Å². The molecule has 0 aromatic rings. The summed E-state index contributed by atoms with van der Waals surface area (Å²) in [6.07, 6.45) is 8.01. The van der Waals surface area contributed by atoms with Crippen molar-refractivity contribution >= 4 is 5.78 Å². The molecule has 0 amide bonds. The number of ketones is 1. The molecule has 1 rings (SSSR count). The summed E-state index contributed by atoms with van der Waals surface area (Å²) in [4.78, 5) is 10.9. The lowest BCUT2D eigenvalue weighted by atomic mass is 10.0. The average Bonchev–Trinajstić information content (AvgIpc) is 2.14. The van der Waals surface area contributed by atoms with Gasteiger partial charge in [0.1, 0.15) is 0 Å². The van der Waals surface area contributed by atoms with E-state index in [2.05, 4.69) is 13.0 Å². The van der Waals surface area contributed by atoms with E-state index < -0.39 is 0 Å².